The lowest BCUT2D eigenvalue weighted by molar-refractivity contribution is 0.631. The summed E-state index contributed by atoms with van der Waals surface area (Å²) in [5, 5.41) is 0.394. The number of thioether (sulfide) groups is 1. The summed E-state index contributed by atoms with van der Waals surface area (Å²) in [5.74, 6) is 1.20. The van der Waals surface area contributed by atoms with Crippen LogP contribution in [0.1, 0.15) is 50.3 Å². The standard InChI is InChI=1S/C14H24N2S/c1-3-5-6-10-17-14(13(15)4-2)12-8-7-9-16-11-12/h7-9,11,13-14H,3-6,10,15H2,1-2H3. The van der Waals surface area contributed by atoms with Gasteiger partial charge < -0.3 is 5.73 Å². The van der Waals surface area contributed by atoms with Gasteiger partial charge in [0.2, 0.25) is 0 Å². The summed E-state index contributed by atoms with van der Waals surface area (Å²) in [6.45, 7) is 4.39. The molecule has 1 aromatic rings. The Balaban J connectivity index is 2.55. The van der Waals surface area contributed by atoms with E-state index in [0.717, 1.165) is 6.42 Å². The van der Waals surface area contributed by atoms with Gasteiger partial charge in [-0.05, 0) is 30.2 Å². The molecule has 17 heavy (non-hydrogen) atoms. The van der Waals surface area contributed by atoms with Gasteiger partial charge in [0.05, 0.1) is 0 Å². The molecule has 1 rings (SSSR count). The molecular weight excluding hydrogens is 228 g/mol. The highest BCUT2D eigenvalue weighted by molar-refractivity contribution is 7.99. The number of pyridine rings is 1. The topological polar surface area (TPSA) is 38.9 Å². The first kappa shape index (κ1) is 14.5. The molecule has 0 amide bonds. The molecular formula is C14H24N2S. The fourth-order valence-corrected chi connectivity index (χ4v) is 3.18. The normalized spacial score (nSPS) is 14.5. The van der Waals surface area contributed by atoms with Crippen LogP contribution in [0.2, 0.25) is 0 Å². The highest BCUT2D eigenvalue weighted by atomic mass is 32.2. The fourth-order valence-electron chi connectivity index (χ4n) is 1.79. The van der Waals surface area contributed by atoms with Crippen molar-refractivity contribution in [3.05, 3.63) is 30.1 Å². The molecule has 2 atom stereocenters. The predicted octanol–water partition coefficient (Wildman–Crippen LogP) is 3.78. The third-order valence-electron chi connectivity index (χ3n) is 2.92. The second-order valence-corrected chi connectivity index (χ2v) is 5.61. The molecule has 1 aromatic heterocycles. The van der Waals surface area contributed by atoms with Crippen molar-refractivity contribution >= 4 is 11.8 Å². The first-order valence-corrected chi connectivity index (χ1v) is 7.61. The first-order valence-electron chi connectivity index (χ1n) is 6.56. The zero-order chi connectivity index (χ0) is 12.5. The Morgan fingerprint density at radius 3 is 2.76 bits per heavy atom. The largest absolute Gasteiger partial charge is 0.326 e. The van der Waals surface area contributed by atoms with Crippen molar-refractivity contribution < 1.29 is 0 Å². The average molecular weight is 252 g/mol. The van der Waals surface area contributed by atoms with Gasteiger partial charge in [0.25, 0.3) is 0 Å². The van der Waals surface area contributed by atoms with Crippen LogP contribution in [0.5, 0.6) is 0 Å². The lowest BCUT2D eigenvalue weighted by atomic mass is 10.1. The monoisotopic (exact) mass is 252 g/mol. The molecule has 0 aromatic carbocycles. The van der Waals surface area contributed by atoms with Crippen LogP contribution in [0, 0.1) is 0 Å². The smallest absolute Gasteiger partial charge is 0.0463 e. The maximum Gasteiger partial charge on any atom is 0.0463 e. The summed E-state index contributed by atoms with van der Waals surface area (Å²) >= 11 is 1.98. The Morgan fingerprint density at radius 1 is 1.35 bits per heavy atom. The number of unbranched alkanes of at least 4 members (excludes halogenated alkanes) is 2. The minimum absolute atomic E-state index is 0.228. The third kappa shape index (κ3) is 5.09. The van der Waals surface area contributed by atoms with Gasteiger partial charge in [-0.15, -0.1) is 0 Å². The average Bonchev–Trinajstić information content (AvgIpc) is 2.39. The van der Waals surface area contributed by atoms with E-state index >= 15 is 0 Å². The number of hydrogen-bond acceptors (Lipinski definition) is 3. The number of aromatic nitrogens is 1. The van der Waals surface area contributed by atoms with Crippen molar-refractivity contribution in [3.8, 4) is 0 Å². The van der Waals surface area contributed by atoms with Crippen molar-refractivity contribution in [1.29, 1.82) is 0 Å². The molecule has 0 aliphatic heterocycles. The van der Waals surface area contributed by atoms with E-state index in [1.165, 1.54) is 30.6 Å². The molecule has 0 saturated carbocycles. The summed E-state index contributed by atoms with van der Waals surface area (Å²) < 4.78 is 0. The summed E-state index contributed by atoms with van der Waals surface area (Å²) in [6, 6.07) is 4.36. The van der Waals surface area contributed by atoms with E-state index in [2.05, 4.69) is 24.9 Å². The number of hydrogen-bond donors (Lipinski definition) is 1. The lowest BCUT2D eigenvalue weighted by Gasteiger charge is -2.22. The van der Waals surface area contributed by atoms with Crippen LogP contribution in [-0.4, -0.2) is 16.8 Å². The summed E-state index contributed by atoms with van der Waals surface area (Å²) in [4.78, 5) is 4.20. The summed E-state index contributed by atoms with van der Waals surface area (Å²) in [7, 11) is 0. The van der Waals surface area contributed by atoms with Crippen LogP contribution in [0.25, 0.3) is 0 Å². The number of nitrogens with zero attached hydrogens (tertiary/aromatic N) is 1. The minimum Gasteiger partial charge on any atom is -0.326 e. The van der Waals surface area contributed by atoms with Crippen molar-refractivity contribution in [2.45, 2.75) is 50.8 Å². The van der Waals surface area contributed by atoms with Crippen LogP contribution in [-0.2, 0) is 0 Å². The Morgan fingerprint density at radius 2 is 2.18 bits per heavy atom. The van der Waals surface area contributed by atoms with Crippen LogP contribution >= 0.6 is 11.8 Å². The zero-order valence-electron chi connectivity index (χ0n) is 10.9. The molecule has 0 bridgehead atoms. The molecule has 0 spiro atoms. The van der Waals surface area contributed by atoms with Gasteiger partial charge in [-0.3, -0.25) is 4.98 Å². The van der Waals surface area contributed by atoms with E-state index in [1.54, 1.807) is 0 Å². The van der Waals surface area contributed by atoms with Crippen LogP contribution < -0.4 is 5.73 Å². The van der Waals surface area contributed by atoms with Gasteiger partial charge in [0, 0.05) is 23.7 Å². The Kier molecular flexibility index (Phi) is 7.29. The van der Waals surface area contributed by atoms with Crippen molar-refractivity contribution in [2.75, 3.05) is 5.75 Å². The van der Waals surface area contributed by atoms with Crippen molar-refractivity contribution in [2.24, 2.45) is 5.73 Å². The second-order valence-electron chi connectivity index (χ2n) is 4.36. The minimum atomic E-state index is 0.228. The molecule has 0 saturated heterocycles. The van der Waals surface area contributed by atoms with Gasteiger partial charge in [-0.2, -0.15) is 11.8 Å². The second kappa shape index (κ2) is 8.54. The maximum absolute atomic E-state index is 6.22. The maximum atomic E-state index is 6.22. The van der Waals surface area contributed by atoms with E-state index < -0.39 is 0 Å². The summed E-state index contributed by atoms with van der Waals surface area (Å²) in [5.41, 5.74) is 7.48. The van der Waals surface area contributed by atoms with Gasteiger partial charge in [0.1, 0.15) is 0 Å². The van der Waals surface area contributed by atoms with Gasteiger partial charge in [-0.1, -0.05) is 32.8 Å². The van der Waals surface area contributed by atoms with E-state index in [9.17, 15) is 0 Å². The molecule has 2 N–H and O–H groups in total. The van der Waals surface area contributed by atoms with Crippen LogP contribution in [0.15, 0.2) is 24.5 Å². The molecule has 96 valence electrons. The first-order chi connectivity index (χ1) is 8.29. The highest BCUT2D eigenvalue weighted by Crippen LogP contribution is 2.32. The van der Waals surface area contributed by atoms with Crippen LogP contribution in [0.3, 0.4) is 0 Å². The van der Waals surface area contributed by atoms with E-state index in [4.69, 9.17) is 5.73 Å². The predicted molar refractivity (Wildman–Crippen MR) is 77.2 cm³/mol. The Labute approximate surface area is 109 Å². The molecule has 0 aliphatic carbocycles. The molecule has 2 nitrogen and oxygen atoms in total. The lowest BCUT2D eigenvalue weighted by Crippen LogP contribution is -2.26. The molecule has 1 heterocycles. The molecule has 0 aliphatic rings. The van der Waals surface area contributed by atoms with E-state index in [-0.39, 0.29) is 6.04 Å². The number of nitrogens with two attached hydrogens (primary N) is 1. The third-order valence-corrected chi connectivity index (χ3v) is 4.42. The van der Waals surface area contributed by atoms with Crippen LogP contribution in [0.4, 0.5) is 0 Å². The molecule has 0 fully saturated rings. The quantitative estimate of drug-likeness (QED) is 0.716. The zero-order valence-corrected chi connectivity index (χ0v) is 11.7. The molecule has 2 unspecified atom stereocenters. The Bertz CT molecular complexity index is 290. The SMILES string of the molecule is CCCCCSC(c1cccnc1)C(N)CC. The van der Waals surface area contributed by atoms with Gasteiger partial charge >= 0.3 is 0 Å². The van der Waals surface area contributed by atoms with E-state index in [0.29, 0.717) is 5.25 Å². The van der Waals surface area contributed by atoms with Crippen molar-refractivity contribution in [1.82, 2.24) is 4.98 Å². The summed E-state index contributed by atoms with van der Waals surface area (Å²) in [6.07, 6.45) is 8.66. The van der Waals surface area contributed by atoms with E-state index in [1.807, 2.05) is 30.2 Å². The van der Waals surface area contributed by atoms with Gasteiger partial charge in [-0.25, -0.2) is 0 Å². The molecule has 0 radical (unpaired) electrons. The van der Waals surface area contributed by atoms with Gasteiger partial charge in [0.15, 0.2) is 0 Å². The Hall–Kier alpha value is -0.540. The highest BCUT2D eigenvalue weighted by Gasteiger charge is 2.18. The molecule has 3 heteroatoms. The van der Waals surface area contributed by atoms with Crippen molar-refractivity contribution in [3.63, 3.8) is 0 Å². The number of rotatable bonds is 8. The fraction of sp³-hybridized carbons (Fsp3) is 0.643.